The van der Waals surface area contributed by atoms with Crippen molar-refractivity contribution >= 4 is 27.1 Å². The second-order valence-corrected chi connectivity index (χ2v) is 11.7. The van der Waals surface area contributed by atoms with Crippen molar-refractivity contribution in [3.05, 3.63) is 89.4 Å². The second-order valence-electron chi connectivity index (χ2n) is 9.18. The van der Waals surface area contributed by atoms with Crippen molar-refractivity contribution in [2.24, 2.45) is 5.14 Å². The number of hydrogen-bond donors (Lipinski definition) is 1. The molecule has 39 heavy (non-hydrogen) atoms. The number of thiazole rings is 1. The monoisotopic (exact) mass is 564 g/mol. The fourth-order valence-corrected chi connectivity index (χ4v) is 6.15. The van der Waals surface area contributed by atoms with E-state index in [0.29, 0.717) is 29.7 Å². The molecule has 10 heteroatoms. The van der Waals surface area contributed by atoms with Gasteiger partial charge in [-0.3, -0.25) is 4.79 Å². The maximum absolute atomic E-state index is 13.2. The molecule has 0 bridgehead atoms. The van der Waals surface area contributed by atoms with Crippen molar-refractivity contribution in [1.82, 2.24) is 4.98 Å². The molecular weight excluding hydrogens is 536 g/mol. The lowest BCUT2D eigenvalue weighted by molar-refractivity contribution is -0.0948. The third-order valence-electron chi connectivity index (χ3n) is 6.78. The van der Waals surface area contributed by atoms with Gasteiger partial charge in [-0.15, -0.1) is 11.3 Å². The average molecular weight is 565 g/mol. The number of carbonyl (C=O) groups is 1. The number of Topliss-reactive ketones (excluding diaryl/α,β-unsaturated/α-hetero) is 1. The number of ether oxygens (including phenoxy) is 3. The SMILES string of the molecule is COC1(c2cccc(OCC(=O)c3nc(-c4ccccc4)c(-c4ccc(S(N)(=O)=O)cc4)s3)c2)CCOCC1. The van der Waals surface area contributed by atoms with E-state index >= 15 is 0 Å². The van der Waals surface area contributed by atoms with Crippen molar-refractivity contribution in [3.8, 4) is 27.4 Å². The first-order valence-electron chi connectivity index (χ1n) is 12.4. The van der Waals surface area contributed by atoms with E-state index in [-0.39, 0.29) is 17.3 Å². The van der Waals surface area contributed by atoms with E-state index in [1.807, 2.05) is 54.6 Å². The van der Waals surface area contributed by atoms with Gasteiger partial charge in [0.25, 0.3) is 0 Å². The van der Waals surface area contributed by atoms with Crippen molar-refractivity contribution in [2.75, 3.05) is 26.9 Å². The van der Waals surface area contributed by atoms with Crippen LogP contribution in [0.3, 0.4) is 0 Å². The summed E-state index contributed by atoms with van der Waals surface area (Å²) >= 11 is 1.24. The first-order chi connectivity index (χ1) is 18.8. The van der Waals surface area contributed by atoms with Gasteiger partial charge in [0.2, 0.25) is 15.8 Å². The van der Waals surface area contributed by atoms with Crippen LogP contribution in [-0.4, -0.2) is 46.1 Å². The Balaban J connectivity index is 1.40. The van der Waals surface area contributed by atoms with Crippen LogP contribution in [0.2, 0.25) is 0 Å². The first-order valence-corrected chi connectivity index (χ1v) is 14.7. The van der Waals surface area contributed by atoms with Gasteiger partial charge in [-0.05, 0) is 35.4 Å². The zero-order chi connectivity index (χ0) is 27.5. The molecule has 2 N–H and O–H groups in total. The Morgan fingerprint density at radius 3 is 2.38 bits per heavy atom. The van der Waals surface area contributed by atoms with Crippen LogP contribution in [0, 0.1) is 0 Å². The molecule has 1 aliphatic rings. The van der Waals surface area contributed by atoms with Gasteiger partial charge in [0.05, 0.1) is 21.1 Å². The average Bonchev–Trinajstić information content (AvgIpc) is 3.42. The van der Waals surface area contributed by atoms with Crippen LogP contribution in [0.4, 0.5) is 0 Å². The lowest BCUT2D eigenvalue weighted by atomic mass is 9.86. The van der Waals surface area contributed by atoms with Crippen LogP contribution >= 0.6 is 11.3 Å². The van der Waals surface area contributed by atoms with Crippen molar-refractivity contribution < 1.29 is 27.4 Å². The third kappa shape index (κ3) is 5.95. The van der Waals surface area contributed by atoms with Gasteiger partial charge < -0.3 is 14.2 Å². The van der Waals surface area contributed by atoms with Gasteiger partial charge >= 0.3 is 0 Å². The summed E-state index contributed by atoms with van der Waals surface area (Å²) in [5.74, 6) is 0.310. The summed E-state index contributed by atoms with van der Waals surface area (Å²) in [5, 5.41) is 5.55. The zero-order valence-corrected chi connectivity index (χ0v) is 23.0. The highest BCUT2D eigenvalue weighted by molar-refractivity contribution is 7.89. The molecule has 3 aromatic carbocycles. The molecule has 1 aromatic heterocycles. The predicted octanol–water partition coefficient (Wildman–Crippen LogP) is 5.04. The van der Waals surface area contributed by atoms with Gasteiger partial charge in [0.1, 0.15) is 5.75 Å². The Morgan fingerprint density at radius 2 is 1.72 bits per heavy atom. The van der Waals surface area contributed by atoms with E-state index in [9.17, 15) is 13.2 Å². The molecule has 1 fully saturated rings. The number of sulfonamides is 1. The topological polar surface area (TPSA) is 118 Å². The molecule has 0 saturated carbocycles. The lowest BCUT2D eigenvalue weighted by Gasteiger charge is -2.36. The maximum Gasteiger partial charge on any atom is 0.238 e. The smallest absolute Gasteiger partial charge is 0.238 e. The Morgan fingerprint density at radius 1 is 1.00 bits per heavy atom. The summed E-state index contributed by atoms with van der Waals surface area (Å²) in [7, 11) is -2.12. The summed E-state index contributed by atoms with van der Waals surface area (Å²) in [6, 6.07) is 23.4. The minimum absolute atomic E-state index is 0.0139. The number of nitrogens with zero attached hydrogens (tertiary/aromatic N) is 1. The second kappa shape index (κ2) is 11.4. The van der Waals surface area contributed by atoms with E-state index in [1.165, 1.54) is 23.5 Å². The minimum Gasteiger partial charge on any atom is -0.485 e. The minimum atomic E-state index is -3.82. The molecule has 0 unspecified atom stereocenters. The van der Waals surface area contributed by atoms with Crippen LogP contribution in [0.15, 0.2) is 83.8 Å². The van der Waals surface area contributed by atoms with Crippen LogP contribution < -0.4 is 9.88 Å². The Kier molecular flexibility index (Phi) is 7.92. The standard InChI is InChI=1S/C29H28N2O6S2/c1-35-29(14-16-36-17-15-29)22-8-5-9-23(18-22)37-19-25(32)28-31-26(20-6-3-2-4-7-20)27(38-28)21-10-12-24(13-11-21)39(30,33)34/h2-13,18H,14-17,19H2,1H3,(H2,30,33,34). The van der Waals surface area contributed by atoms with E-state index < -0.39 is 15.6 Å². The molecule has 1 aliphatic heterocycles. The molecule has 0 radical (unpaired) electrons. The summed E-state index contributed by atoms with van der Waals surface area (Å²) in [6.07, 6.45) is 1.49. The number of aromatic nitrogens is 1. The predicted molar refractivity (Wildman–Crippen MR) is 149 cm³/mol. The van der Waals surface area contributed by atoms with Crippen molar-refractivity contribution in [3.63, 3.8) is 0 Å². The lowest BCUT2D eigenvalue weighted by Crippen LogP contribution is -2.35. The summed E-state index contributed by atoms with van der Waals surface area (Å²) in [5.41, 5.74) is 2.76. The van der Waals surface area contributed by atoms with Gasteiger partial charge in [-0.25, -0.2) is 18.5 Å². The summed E-state index contributed by atoms with van der Waals surface area (Å²) in [4.78, 5) is 18.6. The molecule has 0 aliphatic carbocycles. The molecule has 8 nitrogen and oxygen atoms in total. The highest BCUT2D eigenvalue weighted by Gasteiger charge is 2.34. The molecule has 1 saturated heterocycles. The van der Waals surface area contributed by atoms with E-state index in [0.717, 1.165) is 34.4 Å². The molecule has 4 aromatic rings. The fraction of sp³-hybridized carbons (Fsp3) is 0.241. The summed E-state index contributed by atoms with van der Waals surface area (Å²) in [6.45, 7) is 1.06. The van der Waals surface area contributed by atoms with Crippen LogP contribution in [0.5, 0.6) is 5.75 Å². The number of carbonyl (C=O) groups excluding carboxylic acids is 1. The number of methoxy groups -OCH3 is 1. The number of benzene rings is 3. The molecule has 0 spiro atoms. The maximum atomic E-state index is 13.2. The highest BCUT2D eigenvalue weighted by atomic mass is 32.2. The Labute approximate surface area is 231 Å². The summed E-state index contributed by atoms with van der Waals surface area (Å²) < 4.78 is 40.7. The number of primary sulfonamides is 1. The zero-order valence-electron chi connectivity index (χ0n) is 21.3. The molecule has 2 heterocycles. The number of hydrogen-bond acceptors (Lipinski definition) is 8. The van der Waals surface area contributed by atoms with Crippen LogP contribution in [0.25, 0.3) is 21.7 Å². The van der Waals surface area contributed by atoms with Crippen molar-refractivity contribution in [1.29, 1.82) is 0 Å². The third-order valence-corrected chi connectivity index (χ3v) is 8.85. The number of rotatable bonds is 9. The largest absolute Gasteiger partial charge is 0.485 e. The number of nitrogens with two attached hydrogens (primary N) is 1. The van der Waals surface area contributed by atoms with Gasteiger partial charge in [-0.2, -0.15) is 0 Å². The van der Waals surface area contributed by atoms with Gasteiger partial charge in [0, 0.05) is 38.7 Å². The normalized spacial score (nSPS) is 15.1. The van der Waals surface area contributed by atoms with E-state index in [1.54, 1.807) is 19.2 Å². The van der Waals surface area contributed by atoms with E-state index in [2.05, 4.69) is 4.98 Å². The van der Waals surface area contributed by atoms with Crippen molar-refractivity contribution in [2.45, 2.75) is 23.3 Å². The molecule has 0 atom stereocenters. The highest BCUT2D eigenvalue weighted by Crippen LogP contribution is 2.38. The van der Waals surface area contributed by atoms with Crippen LogP contribution in [0.1, 0.15) is 28.2 Å². The van der Waals surface area contributed by atoms with E-state index in [4.69, 9.17) is 19.3 Å². The van der Waals surface area contributed by atoms with Gasteiger partial charge in [-0.1, -0.05) is 54.6 Å². The molecule has 0 amide bonds. The Bertz CT molecular complexity index is 1560. The first kappa shape index (κ1) is 27.2. The van der Waals surface area contributed by atoms with Crippen LogP contribution in [-0.2, 0) is 25.1 Å². The Hall–Kier alpha value is -3.41. The molecule has 5 rings (SSSR count). The van der Waals surface area contributed by atoms with Gasteiger partial charge in [0.15, 0.2) is 11.6 Å². The molecular formula is C29H28N2O6S2. The quantitative estimate of drug-likeness (QED) is 0.283. The number of ketones is 1. The fourth-order valence-electron chi connectivity index (χ4n) is 4.61. The molecule has 202 valence electrons.